The van der Waals surface area contributed by atoms with E-state index in [1.165, 1.54) is 11.9 Å². The normalized spacial score (nSPS) is 10.6. The van der Waals surface area contributed by atoms with Gasteiger partial charge in [0.05, 0.1) is 17.8 Å². The lowest BCUT2D eigenvalue weighted by Gasteiger charge is -2.15. The number of para-hydroxylation sites is 1. The van der Waals surface area contributed by atoms with Gasteiger partial charge in [0.2, 0.25) is 0 Å². The number of aryl methyl sites for hydroxylation is 1. The summed E-state index contributed by atoms with van der Waals surface area (Å²) in [6.07, 6.45) is 3.19. The molecule has 6 nitrogen and oxygen atoms in total. The van der Waals surface area contributed by atoms with E-state index in [0.717, 1.165) is 28.2 Å². The molecule has 0 saturated heterocycles. The minimum absolute atomic E-state index is 0.160. The third kappa shape index (κ3) is 4.38. The van der Waals surface area contributed by atoms with Gasteiger partial charge in [0.25, 0.3) is 5.91 Å². The molecule has 1 heterocycles. The fourth-order valence-corrected chi connectivity index (χ4v) is 3.22. The summed E-state index contributed by atoms with van der Waals surface area (Å²) >= 11 is 0. The largest absolute Gasteiger partial charge is 0.355 e. The number of nitrogens with one attached hydrogen (secondary N) is 2. The second-order valence-electron chi connectivity index (χ2n) is 7.16. The van der Waals surface area contributed by atoms with Crippen molar-refractivity contribution < 1.29 is 4.79 Å². The number of rotatable bonds is 6. The Labute approximate surface area is 175 Å². The maximum absolute atomic E-state index is 12.9. The summed E-state index contributed by atoms with van der Waals surface area (Å²) in [7, 11) is 0. The van der Waals surface area contributed by atoms with E-state index < -0.39 is 0 Å². The van der Waals surface area contributed by atoms with Gasteiger partial charge in [-0.15, -0.1) is 0 Å². The van der Waals surface area contributed by atoms with E-state index in [1.807, 2.05) is 60.7 Å². The molecule has 150 valence electrons. The van der Waals surface area contributed by atoms with Crippen molar-refractivity contribution >= 4 is 23.0 Å². The van der Waals surface area contributed by atoms with Crippen LogP contribution in [0.2, 0.25) is 0 Å². The van der Waals surface area contributed by atoms with Crippen LogP contribution in [-0.4, -0.2) is 20.7 Å². The standard InChI is InChI=1S/C24H23N5O/c1-17-6-5-9-22(18(17)2)28-23-8-4-3-7-21(23)24(30)27-20-12-10-19(11-13-20)14-29-16-25-15-26-29/h3-13,15-16,28H,14H2,1-2H3,(H,27,30). The SMILES string of the molecule is Cc1cccc(Nc2ccccc2C(=O)Nc2ccc(Cn3cncn3)cc2)c1C. The zero-order valence-corrected chi connectivity index (χ0v) is 17.0. The summed E-state index contributed by atoms with van der Waals surface area (Å²) in [5.41, 5.74) is 6.53. The molecule has 0 fully saturated rings. The van der Waals surface area contributed by atoms with E-state index >= 15 is 0 Å². The Balaban J connectivity index is 1.49. The fourth-order valence-electron chi connectivity index (χ4n) is 3.22. The first-order valence-electron chi connectivity index (χ1n) is 9.75. The van der Waals surface area contributed by atoms with Gasteiger partial charge in [-0.1, -0.05) is 36.4 Å². The van der Waals surface area contributed by atoms with Crippen molar-refractivity contribution in [2.45, 2.75) is 20.4 Å². The first-order valence-corrected chi connectivity index (χ1v) is 9.75. The topological polar surface area (TPSA) is 71.8 Å². The Bertz CT molecular complexity index is 1150. The molecule has 1 amide bonds. The molecule has 0 aliphatic carbocycles. The van der Waals surface area contributed by atoms with E-state index in [9.17, 15) is 4.79 Å². The molecule has 0 atom stereocenters. The Morgan fingerprint density at radius 3 is 2.47 bits per heavy atom. The van der Waals surface area contributed by atoms with Crippen LogP contribution in [0, 0.1) is 13.8 Å². The predicted octanol–water partition coefficient (Wildman–Crippen LogP) is 4.94. The fraction of sp³-hybridized carbons (Fsp3) is 0.125. The second kappa shape index (κ2) is 8.61. The zero-order chi connectivity index (χ0) is 20.9. The smallest absolute Gasteiger partial charge is 0.257 e. The number of hydrogen-bond acceptors (Lipinski definition) is 4. The van der Waals surface area contributed by atoms with Gasteiger partial charge in [-0.2, -0.15) is 5.10 Å². The van der Waals surface area contributed by atoms with Crippen LogP contribution < -0.4 is 10.6 Å². The number of hydrogen-bond donors (Lipinski definition) is 2. The van der Waals surface area contributed by atoms with Crippen LogP contribution in [0.1, 0.15) is 27.0 Å². The molecule has 0 aliphatic rings. The van der Waals surface area contributed by atoms with Gasteiger partial charge in [0.15, 0.2) is 0 Å². The van der Waals surface area contributed by atoms with Crippen LogP contribution in [-0.2, 0) is 6.54 Å². The minimum atomic E-state index is -0.160. The number of carbonyl (C=O) groups is 1. The lowest BCUT2D eigenvalue weighted by molar-refractivity contribution is 0.102. The number of benzene rings is 3. The van der Waals surface area contributed by atoms with Crippen molar-refractivity contribution in [3.63, 3.8) is 0 Å². The van der Waals surface area contributed by atoms with Crippen LogP contribution in [0.5, 0.6) is 0 Å². The highest BCUT2D eigenvalue weighted by Crippen LogP contribution is 2.26. The highest BCUT2D eigenvalue weighted by Gasteiger charge is 2.12. The molecular formula is C24H23N5O. The van der Waals surface area contributed by atoms with Gasteiger partial charge in [-0.05, 0) is 60.9 Å². The Hall–Kier alpha value is -3.93. The Morgan fingerprint density at radius 2 is 1.70 bits per heavy atom. The number of aromatic nitrogens is 3. The van der Waals surface area contributed by atoms with E-state index in [-0.39, 0.29) is 5.91 Å². The van der Waals surface area contributed by atoms with Crippen molar-refractivity contribution in [2.75, 3.05) is 10.6 Å². The molecule has 4 rings (SSSR count). The summed E-state index contributed by atoms with van der Waals surface area (Å²) < 4.78 is 1.75. The molecule has 0 aliphatic heterocycles. The van der Waals surface area contributed by atoms with Crippen LogP contribution >= 0.6 is 0 Å². The van der Waals surface area contributed by atoms with E-state index in [4.69, 9.17) is 0 Å². The van der Waals surface area contributed by atoms with Gasteiger partial charge in [-0.25, -0.2) is 9.67 Å². The lowest BCUT2D eigenvalue weighted by atomic mass is 10.1. The lowest BCUT2D eigenvalue weighted by Crippen LogP contribution is -2.14. The molecule has 1 aromatic heterocycles. The number of carbonyl (C=O) groups excluding carboxylic acids is 1. The molecule has 4 aromatic rings. The number of nitrogens with zero attached hydrogens (tertiary/aromatic N) is 3. The summed E-state index contributed by atoms with van der Waals surface area (Å²) in [6.45, 7) is 4.78. The number of amides is 1. The van der Waals surface area contributed by atoms with E-state index in [1.54, 1.807) is 11.0 Å². The van der Waals surface area contributed by atoms with Crippen LogP contribution in [0.3, 0.4) is 0 Å². The van der Waals surface area contributed by atoms with Crippen LogP contribution in [0.25, 0.3) is 0 Å². The molecule has 2 N–H and O–H groups in total. The van der Waals surface area contributed by atoms with Crippen LogP contribution in [0.15, 0.2) is 79.4 Å². The molecule has 0 bridgehead atoms. The van der Waals surface area contributed by atoms with Crippen molar-refractivity contribution in [3.8, 4) is 0 Å². The molecular weight excluding hydrogens is 374 g/mol. The second-order valence-corrected chi connectivity index (χ2v) is 7.16. The van der Waals surface area contributed by atoms with Gasteiger partial charge >= 0.3 is 0 Å². The molecule has 30 heavy (non-hydrogen) atoms. The van der Waals surface area contributed by atoms with Crippen molar-refractivity contribution in [1.29, 1.82) is 0 Å². The molecule has 6 heteroatoms. The summed E-state index contributed by atoms with van der Waals surface area (Å²) in [6, 6.07) is 21.4. The van der Waals surface area contributed by atoms with Gasteiger partial charge in [-0.3, -0.25) is 4.79 Å². The minimum Gasteiger partial charge on any atom is -0.355 e. The zero-order valence-electron chi connectivity index (χ0n) is 17.0. The molecule has 3 aromatic carbocycles. The Morgan fingerprint density at radius 1 is 0.933 bits per heavy atom. The molecule has 0 spiro atoms. The van der Waals surface area contributed by atoms with E-state index in [0.29, 0.717) is 12.1 Å². The average molecular weight is 397 g/mol. The Kier molecular flexibility index (Phi) is 5.57. The maximum Gasteiger partial charge on any atom is 0.257 e. The monoisotopic (exact) mass is 397 g/mol. The van der Waals surface area contributed by atoms with E-state index in [2.05, 4.69) is 40.6 Å². The highest BCUT2D eigenvalue weighted by molar-refractivity contribution is 6.08. The molecule has 0 unspecified atom stereocenters. The first kappa shape index (κ1) is 19.4. The van der Waals surface area contributed by atoms with Gasteiger partial charge in [0, 0.05) is 11.4 Å². The van der Waals surface area contributed by atoms with Crippen molar-refractivity contribution in [2.24, 2.45) is 0 Å². The number of anilines is 3. The quantitative estimate of drug-likeness (QED) is 0.483. The van der Waals surface area contributed by atoms with Crippen molar-refractivity contribution in [1.82, 2.24) is 14.8 Å². The van der Waals surface area contributed by atoms with Gasteiger partial charge < -0.3 is 10.6 Å². The summed E-state index contributed by atoms with van der Waals surface area (Å²) in [4.78, 5) is 16.9. The predicted molar refractivity (Wildman–Crippen MR) is 119 cm³/mol. The highest BCUT2D eigenvalue weighted by atomic mass is 16.1. The molecule has 0 radical (unpaired) electrons. The van der Waals surface area contributed by atoms with Crippen LogP contribution in [0.4, 0.5) is 17.1 Å². The third-order valence-corrected chi connectivity index (χ3v) is 5.07. The maximum atomic E-state index is 12.9. The first-order chi connectivity index (χ1) is 14.6. The van der Waals surface area contributed by atoms with Gasteiger partial charge in [0.1, 0.15) is 12.7 Å². The summed E-state index contributed by atoms with van der Waals surface area (Å²) in [5.74, 6) is -0.160. The summed E-state index contributed by atoms with van der Waals surface area (Å²) in [5, 5.41) is 10.5. The average Bonchev–Trinajstić information content (AvgIpc) is 3.26. The third-order valence-electron chi connectivity index (χ3n) is 5.07. The molecule has 0 saturated carbocycles. The van der Waals surface area contributed by atoms with Crippen molar-refractivity contribution in [3.05, 3.63) is 102 Å².